The van der Waals surface area contributed by atoms with Gasteiger partial charge in [-0.3, -0.25) is 0 Å². The molecule has 0 bridgehead atoms. The van der Waals surface area contributed by atoms with Crippen molar-refractivity contribution >= 4 is 29.0 Å². The zero-order chi connectivity index (χ0) is 17.4. The van der Waals surface area contributed by atoms with Gasteiger partial charge in [0.15, 0.2) is 11.0 Å². The van der Waals surface area contributed by atoms with Crippen LogP contribution < -0.4 is 0 Å². The van der Waals surface area contributed by atoms with E-state index in [9.17, 15) is 0 Å². The summed E-state index contributed by atoms with van der Waals surface area (Å²) in [5, 5.41) is 10.3. The molecule has 0 radical (unpaired) electrons. The molecule has 0 aliphatic heterocycles. The van der Waals surface area contributed by atoms with Crippen LogP contribution in [0.2, 0.25) is 5.02 Å². The van der Waals surface area contributed by atoms with E-state index < -0.39 is 0 Å². The Hall–Kier alpha value is -2.31. The number of imidazole rings is 1. The summed E-state index contributed by atoms with van der Waals surface area (Å²) in [7, 11) is 1.99. The van der Waals surface area contributed by atoms with Gasteiger partial charge in [0.2, 0.25) is 0 Å². The second-order valence-electron chi connectivity index (χ2n) is 5.81. The van der Waals surface area contributed by atoms with Crippen LogP contribution in [0.4, 0.5) is 0 Å². The van der Waals surface area contributed by atoms with Crippen LogP contribution in [-0.2, 0) is 12.8 Å². The van der Waals surface area contributed by atoms with Gasteiger partial charge in [-0.1, -0.05) is 47.6 Å². The lowest BCUT2D eigenvalue weighted by molar-refractivity contribution is 0.793. The number of halogens is 1. The number of rotatable bonds is 4. The molecule has 0 saturated carbocycles. The topological polar surface area (TPSA) is 48.0 Å². The number of thioether (sulfide) groups is 1. The van der Waals surface area contributed by atoms with E-state index in [2.05, 4.69) is 34.2 Å². The van der Waals surface area contributed by atoms with Crippen molar-refractivity contribution in [3.8, 4) is 11.4 Å². The number of nitrogens with zero attached hydrogens (tertiary/aromatic N) is 5. The van der Waals surface area contributed by atoms with Crippen LogP contribution >= 0.6 is 23.4 Å². The average molecular weight is 370 g/mol. The zero-order valence-corrected chi connectivity index (χ0v) is 15.4. The second-order valence-corrected chi connectivity index (χ2v) is 7.19. The third kappa shape index (κ3) is 3.15. The molecule has 1 aromatic carbocycles. The van der Waals surface area contributed by atoms with Crippen molar-refractivity contribution in [2.75, 3.05) is 0 Å². The average Bonchev–Trinajstić information content (AvgIpc) is 3.16. The number of hydrogen-bond acceptors (Lipinski definition) is 4. The first-order valence-electron chi connectivity index (χ1n) is 7.83. The third-order valence-electron chi connectivity index (χ3n) is 4.03. The van der Waals surface area contributed by atoms with Crippen molar-refractivity contribution in [1.29, 1.82) is 0 Å². The monoisotopic (exact) mass is 369 g/mol. The minimum absolute atomic E-state index is 0.695. The summed E-state index contributed by atoms with van der Waals surface area (Å²) in [6, 6.07) is 12.0. The highest BCUT2D eigenvalue weighted by molar-refractivity contribution is 7.98. The zero-order valence-electron chi connectivity index (χ0n) is 13.8. The first kappa shape index (κ1) is 16.2. The fourth-order valence-electron chi connectivity index (χ4n) is 2.72. The van der Waals surface area contributed by atoms with Gasteiger partial charge in [0, 0.05) is 30.8 Å². The standard InChI is InChI=1S/C18H16ClN5S/c1-12-5-3-4-6-15(12)17-21-22-18(23(17)2)25-11-14-10-24-9-13(19)7-8-16(24)20-14/h3-10H,11H2,1-2H3. The lowest BCUT2D eigenvalue weighted by Gasteiger charge is -2.05. The van der Waals surface area contributed by atoms with Gasteiger partial charge in [0.25, 0.3) is 0 Å². The molecule has 126 valence electrons. The van der Waals surface area contributed by atoms with E-state index in [1.165, 1.54) is 5.56 Å². The first-order valence-corrected chi connectivity index (χ1v) is 9.19. The van der Waals surface area contributed by atoms with Gasteiger partial charge >= 0.3 is 0 Å². The minimum Gasteiger partial charge on any atom is -0.305 e. The highest BCUT2D eigenvalue weighted by atomic mass is 35.5. The lowest BCUT2D eigenvalue weighted by atomic mass is 10.1. The largest absolute Gasteiger partial charge is 0.305 e. The van der Waals surface area contributed by atoms with Gasteiger partial charge in [0.1, 0.15) is 5.65 Å². The number of aryl methyl sites for hydroxylation is 1. The molecular weight excluding hydrogens is 354 g/mol. The summed E-state index contributed by atoms with van der Waals surface area (Å²) in [6.45, 7) is 2.08. The molecule has 0 saturated heterocycles. The summed E-state index contributed by atoms with van der Waals surface area (Å²) < 4.78 is 3.97. The van der Waals surface area contributed by atoms with Crippen LogP contribution in [0.5, 0.6) is 0 Å². The summed E-state index contributed by atoms with van der Waals surface area (Å²) in [5.74, 6) is 1.60. The Kier molecular flexibility index (Phi) is 4.23. The van der Waals surface area contributed by atoms with Crippen LogP contribution in [0, 0.1) is 6.92 Å². The molecular formula is C18H16ClN5S. The van der Waals surface area contributed by atoms with E-state index in [0.29, 0.717) is 5.02 Å². The first-order chi connectivity index (χ1) is 12.1. The smallest absolute Gasteiger partial charge is 0.191 e. The van der Waals surface area contributed by atoms with Crippen LogP contribution in [0.1, 0.15) is 11.3 Å². The van der Waals surface area contributed by atoms with Crippen molar-refractivity contribution in [2.24, 2.45) is 7.05 Å². The number of aromatic nitrogens is 5. The molecule has 3 heterocycles. The van der Waals surface area contributed by atoms with Gasteiger partial charge in [-0.25, -0.2) is 4.98 Å². The molecule has 5 nitrogen and oxygen atoms in total. The van der Waals surface area contributed by atoms with Crippen molar-refractivity contribution in [1.82, 2.24) is 24.1 Å². The lowest BCUT2D eigenvalue weighted by Crippen LogP contribution is -1.96. The highest BCUT2D eigenvalue weighted by Crippen LogP contribution is 2.27. The van der Waals surface area contributed by atoms with E-state index in [1.54, 1.807) is 11.8 Å². The molecule has 0 fully saturated rings. The molecule has 0 atom stereocenters. The number of pyridine rings is 1. The van der Waals surface area contributed by atoms with Crippen LogP contribution in [0.15, 0.2) is 53.9 Å². The Labute approximate surface area is 154 Å². The molecule has 0 unspecified atom stereocenters. The molecule has 7 heteroatoms. The van der Waals surface area contributed by atoms with E-state index in [-0.39, 0.29) is 0 Å². The Morgan fingerprint density at radius 1 is 1.08 bits per heavy atom. The molecule has 4 aromatic rings. The molecule has 3 aromatic heterocycles. The number of hydrogen-bond donors (Lipinski definition) is 0. The van der Waals surface area contributed by atoms with Gasteiger partial charge in [-0.2, -0.15) is 0 Å². The molecule has 25 heavy (non-hydrogen) atoms. The number of benzene rings is 1. The highest BCUT2D eigenvalue weighted by Gasteiger charge is 2.13. The maximum Gasteiger partial charge on any atom is 0.191 e. The molecule has 0 amide bonds. The van der Waals surface area contributed by atoms with Crippen molar-refractivity contribution in [2.45, 2.75) is 17.8 Å². The Balaban J connectivity index is 1.56. The van der Waals surface area contributed by atoms with Gasteiger partial charge in [-0.15, -0.1) is 10.2 Å². The fourth-order valence-corrected chi connectivity index (χ4v) is 3.69. The fraction of sp³-hybridized carbons (Fsp3) is 0.167. The summed E-state index contributed by atoms with van der Waals surface area (Å²) in [5.41, 5.74) is 4.16. The molecule has 0 spiro atoms. The maximum absolute atomic E-state index is 6.02. The Morgan fingerprint density at radius 2 is 1.92 bits per heavy atom. The van der Waals surface area contributed by atoms with E-state index in [4.69, 9.17) is 11.6 Å². The van der Waals surface area contributed by atoms with Gasteiger partial charge in [-0.05, 0) is 24.6 Å². The Bertz CT molecular complexity index is 1050. The van der Waals surface area contributed by atoms with Crippen molar-refractivity contribution < 1.29 is 0 Å². The maximum atomic E-state index is 6.02. The van der Waals surface area contributed by atoms with Crippen molar-refractivity contribution in [3.63, 3.8) is 0 Å². The Morgan fingerprint density at radius 3 is 2.76 bits per heavy atom. The normalized spacial score (nSPS) is 11.3. The van der Waals surface area contributed by atoms with Gasteiger partial charge < -0.3 is 8.97 Å². The van der Waals surface area contributed by atoms with E-state index in [1.807, 2.05) is 52.7 Å². The van der Waals surface area contributed by atoms with E-state index >= 15 is 0 Å². The van der Waals surface area contributed by atoms with Gasteiger partial charge in [0.05, 0.1) is 10.7 Å². The third-order valence-corrected chi connectivity index (χ3v) is 5.31. The summed E-state index contributed by atoms with van der Waals surface area (Å²) in [6.07, 6.45) is 3.85. The predicted octanol–water partition coefficient (Wildman–Crippen LogP) is 4.38. The SMILES string of the molecule is Cc1ccccc1-c1nnc(SCc2cn3cc(Cl)ccc3n2)n1C. The minimum atomic E-state index is 0.695. The van der Waals surface area contributed by atoms with E-state index in [0.717, 1.165) is 33.6 Å². The second kappa shape index (κ2) is 6.54. The number of fused-ring (bicyclic) bond motifs is 1. The van der Waals surface area contributed by atoms with Crippen LogP contribution in [0.25, 0.3) is 17.0 Å². The molecule has 0 N–H and O–H groups in total. The quantitative estimate of drug-likeness (QED) is 0.501. The van der Waals surface area contributed by atoms with Crippen molar-refractivity contribution in [3.05, 3.63) is 65.1 Å². The molecule has 0 aliphatic rings. The molecule has 4 rings (SSSR count). The van der Waals surface area contributed by atoms with Crippen LogP contribution in [-0.4, -0.2) is 24.1 Å². The molecule has 0 aliphatic carbocycles. The van der Waals surface area contributed by atoms with Crippen LogP contribution in [0.3, 0.4) is 0 Å². The predicted molar refractivity (Wildman–Crippen MR) is 101 cm³/mol. The summed E-state index contributed by atoms with van der Waals surface area (Å²) >= 11 is 7.64. The summed E-state index contributed by atoms with van der Waals surface area (Å²) in [4.78, 5) is 4.60.